The Bertz CT molecular complexity index is 4160. The number of anilines is 4. The van der Waals surface area contributed by atoms with E-state index in [1.807, 2.05) is 0 Å². The van der Waals surface area contributed by atoms with Crippen LogP contribution in [0.3, 0.4) is 0 Å². The fourth-order valence-electron chi connectivity index (χ4n) is 16.0. The third-order valence-corrected chi connectivity index (χ3v) is 19.5. The molecule has 426 valence electrons. The third-order valence-electron chi connectivity index (χ3n) is 19.5. The van der Waals surface area contributed by atoms with Crippen molar-refractivity contribution < 1.29 is 25.8 Å². The second-order valence-corrected chi connectivity index (χ2v) is 25.4. The fourth-order valence-corrected chi connectivity index (χ4v) is 16.0. The second-order valence-electron chi connectivity index (χ2n) is 25.4. The van der Waals surface area contributed by atoms with Crippen LogP contribution >= 0.6 is 0 Å². The summed E-state index contributed by atoms with van der Waals surface area (Å²) in [5, 5.41) is 2.27. The van der Waals surface area contributed by atoms with Crippen LogP contribution in [0.4, 0.5) is 22.7 Å². The monoisotopic (exact) mass is 1290 g/mol. The van der Waals surface area contributed by atoms with E-state index in [0.29, 0.717) is 29.3 Å². The molecule has 4 saturated carbocycles. The Morgan fingerprint density at radius 3 is 1.72 bits per heavy atom. The van der Waals surface area contributed by atoms with Crippen LogP contribution in [-0.2, 0) is 26.5 Å². The van der Waals surface area contributed by atoms with Crippen molar-refractivity contribution in [3.05, 3.63) is 259 Å². The van der Waals surface area contributed by atoms with Gasteiger partial charge in [0.1, 0.15) is 5.82 Å². The molecule has 0 amide bonds. The quantitative estimate of drug-likeness (QED) is 0.108. The molecule has 2 aromatic heterocycles. The molecule has 5 nitrogen and oxygen atoms in total. The van der Waals surface area contributed by atoms with E-state index in [4.69, 9.17) is 9.72 Å². The average molecular weight is 1290 g/mol. The first kappa shape index (κ1) is 54.9. The maximum atomic E-state index is 7.31. The molecule has 5 aliphatic rings. The van der Waals surface area contributed by atoms with Crippen LogP contribution in [-0.4, -0.2) is 9.55 Å². The molecule has 0 N–H and O–H groups in total. The Kier molecular flexibility index (Phi) is 14.3. The van der Waals surface area contributed by atoms with E-state index in [9.17, 15) is 0 Å². The van der Waals surface area contributed by atoms with Gasteiger partial charge in [-0.2, -0.15) is 6.07 Å². The summed E-state index contributed by atoms with van der Waals surface area (Å²) in [6.07, 6.45) is 8.72. The molecule has 4 bridgehead atoms. The average Bonchev–Trinajstić information content (AvgIpc) is 1.41. The topological polar surface area (TPSA) is 33.5 Å². The summed E-state index contributed by atoms with van der Waals surface area (Å²) >= 11 is 0. The molecule has 85 heavy (non-hydrogen) atoms. The number of pyridine rings is 1. The van der Waals surface area contributed by atoms with Gasteiger partial charge in [-0.15, -0.1) is 53.6 Å². The van der Waals surface area contributed by atoms with Gasteiger partial charge in [0.2, 0.25) is 0 Å². The molecule has 9 aromatic carbocycles. The summed E-state index contributed by atoms with van der Waals surface area (Å²) in [5.41, 5.74) is 19.9. The second kappa shape index (κ2) is 22.1. The van der Waals surface area contributed by atoms with E-state index in [1.54, 1.807) is 0 Å². The molecule has 11 aromatic rings. The van der Waals surface area contributed by atoms with Gasteiger partial charge in [-0.3, -0.25) is 0 Å². The van der Waals surface area contributed by atoms with Gasteiger partial charge in [0, 0.05) is 77.9 Å². The molecule has 6 heteroatoms. The van der Waals surface area contributed by atoms with Gasteiger partial charge in [0.05, 0.1) is 0 Å². The van der Waals surface area contributed by atoms with Gasteiger partial charge in [-0.1, -0.05) is 199 Å². The maximum Gasteiger partial charge on any atom is 0.135 e. The Morgan fingerprint density at radius 2 is 1.09 bits per heavy atom. The molecule has 0 radical (unpaired) electrons. The largest absolute Gasteiger partial charge is 0.509 e. The molecule has 0 saturated heterocycles. The maximum absolute atomic E-state index is 7.31. The number of aromatic nitrogens is 2. The van der Waals surface area contributed by atoms with Gasteiger partial charge in [-0.25, -0.2) is 4.98 Å². The molecule has 4 aliphatic carbocycles. The molecule has 4 fully saturated rings. The van der Waals surface area contributed by atoms with Crippen LogP contribution in [0, 0.1) is 42.5 Å². The molecule has 0 spiro atoms. The SMILES string of the molecule is CC(C)c1cc(C(C)C)c(-c2cc(Oc3[c-]c4c(cc3)c3ccccc3n4-c3cc(C4(c5ccccc5)C5CC6CC(C5)CC4C6)ccn3)[c-]c(N3[CH-]N(c4c(-c5ccccc5)cccc4-c4ccccc4)c4ccccc43)c2)c(C(C)C)c1.[Pt]. The van der Waals surface area contributed by atoms with Crippen LogP contribution in [0.2, 0.25) is 0 Å². The summed E-state index contributed by atoms with van der Waals surface area (Å²) in [5.74, 6) is 5.98. The van der Waals surface area contributed by atoms with Crippen LogP contribution in [0.1, 0.15) is 119 Å². The Hall–Kier alpha value is -7.98. The van der Waals surface area contributed by atoms with Crippen LogP contribution in [0.25, 0.3) is 61.0 Å². The molecule has 0 atom stereocenters. The zero-order chi connectivity index (χ0) is 56.8. The summed E-state index contributed by atoms with van der Waals surface area (Å²) in [4.78, 5) is 9.96. The first-order chi connectivity index (χ1) is 41.1. The van der Waals surface area contributed by atoms with Gasteiger partial charge in [0.15, 0.2) is 0 Å². The minimum Gasteiger partial charge on any atom is -0.509 e. The number of fused-ring (bicyclic) bond motifs is 4. The van der Waals surface area contributed by atoms with Crippen molar-refractivity contribution in [2.24, 2.45) is 23.7 Å². The van der Waals surface area contributed by atoms with Crippen molar-refractivity contribution in [3.63, 3.8) is 0 Å². The van der Waals surface area contributed by atoms with E-state index >= 15 is 0 Å². The van der Waals surface area contributed by atoms with E-state index in [-0.39, 0.29) is 38.3 Å². The normalized spacial score (nSPS) is 19.6. The predicted octanol–water partition coefficient (Wildman–Crippen LogP) is 21.1. The van der Waals surface area contributed by atoms with Gasteiger partial charge >= 0.3 is 0 Å². The predicted molar refractivity (Wildman–Crippen MR) is 347 cm³/mol. The number of hydrogen-bond donors (Lipinski definition) is 0. The van der Waals surface area contributed by atoms with E-state index in [0.717, 1.165) is 90.0 Å². The standard InChI is InChI=1S/C79H71N4O.Pt/c1-50(2)57-44-70(51(3)4)77(71(45-57)52(5)6)58-42-63(81-49-82(74-32-19-18-31-73(74)81)78-66(55-21-10-7-11-22-55)28-20-29-67(78)56-23-12-8-13-24-56)47-65(43-58)84-64-33-34-69-68-27-16-17-30-72(68)83(75(69)48-64)76-46-60(35-36-80-76)79(59-25-14-9-15-26-59)61-38-53-37-54(40-61)41-62(79)39-53;/h7-36,42-46,49-54,61-62H,37-41H2,1-6H3;/q-3;. The minimum atomic E-state index is -0.0541. The number of nitrogens with zero attached hydrogens (tertiary/aromatic N) is 4. The van der Waals surface area contributed by atoms with Gasteiger partial charge in [-0.05, 0) is 154 Å². The molecule has 0 unspecified atom stereocenters. The molecular weight excluding hydrogens is 1220 g/mol. The Labute approximate surface area is 516 Å². The van der Waals surface area contributed by atoms with Crippen LogP contribution in [0.5, 0.6) is 11.5 Å². The van der Waals surface area contributed by atoms with Crippen molar-refractivity contribution >= 4 is 44.6 Å². The van der Waals surface area contributed by atoms with E-state index < -0.39 is 0 Å². The Balaban J connectivity index is 0.00000640. The minimum absolute atomic E-state index is 0. The molecule has 1 aliphatic heterocycles. The third kappa shape index (κ3) is 9.35. The van der Waals surface area contributed by atoms with Crippen LogP contribution < -0.4 is 14.5 Å². The van der Waals surface area contributed by atoms with E-state index in [2.05, 4.69) is 287 Å². The summed E-state index contributed by atoms with van der Waals surface area (Å²) < 4.78 is 9.65. The number of rotatable bonds is 13. The van der Waals surface area contributed by atoms with Crippen LogP contribution in [0.15, 0.2) is 212 Å². The number of benzene rings is 9. The molecule has 16 rings (SSSR count). The zero-order valence-corrected chi connectivity index (χ0v) is 51.6. The zero-order valence-electron chi connectivity index (χ0n) is 49.4. The van der Waals surface area contributed by atoms with Crippen molar-refractivity contribution in [3.8, 4) is 50.7 Å². The number of para-hydroxylation sites is 4. The smallest absolute Gasteiger partial charge is 0.135 e. The van der Waals surface area contributed by atoms with Crippen molar-refractivity contribution in [2.75, 3.05) is 9.80 Å². The molecular formula is C79H71N4OPt-3. The fraction of sp³-hybridized carbons (Fsp3) is 0.241. The van der Waals surface area contributed by atoms with Gasteiger partial charge < -0.3 is 19.1 Å². The number of ether oxygens (including phenoxy) is 1. The summed E-state index contributed by atoms with van der Waals surface area (Å²) in [6, 6.07) is 83.5. The van der Waals surface area contributed by atoms with E-state index in [1.165, 1.54) is 65.5 Å². The molecule has 3 heterocycles. The van der Waals surface area contributed by atoms with Crippen molar-refractivity contribution in [1.29, 1.82) is 0 Å². The Morgan fingerprint density at radius 1 is 0.506 bits per heavy atom. The van der Waals surface area contributed by atoms with Crippen molar-refractivity contribution in [1.82, 2.24) is 9.55 Å². The first-order valence-electron chi connectivity index (χ1n) is 30.8. The number of hydrogen-bond acceptors (Lipinski definition) is 4. The summed E-state index contributed by atoms with van der Waals surface area (Å²) in [6.45, 7) is 16.2. The van der Waals surface area contributed by atoms with Gasteiger partial charge in [0.25, 0.3) is 0 Å². The van der Waals surface area contributed by atoms with Crippen molar-refractivity contribution in [2.45, 2.75) is 96.8 Å². The summed E-state index contributed by atoms with van der Waals surface area (Å²) in [7, 11) is 0. The first-order valence-corrected chi connectivity index (χ1v) is 30.8.